The molecule has 1 saturated carbocycles. The Morgan fingerprint density at radius 2 is 1.92 bits per heavy atom. The average molecular weight is 162 g/mol. The fourth-order valence-corrected chi connectivity index (χ4v) is 1.71. The van der Waals surface area contributed by atoms with E-state index in [0.29, 0.717) is 0 Å². The maximum atomic E-state index is 5.87. The molecule has 2 heteroatoms. The summed E-state index contributed by atoms with van der Waals surface area (Å²) in [5.74, 6) is 0. The minimum Gasteiger partial charge on any atom is -0.398 e. The summed E-state index contributed by atoms with van der Waals surface area (Å²) in [5, 5.41) is 0. The van der Waals surface area contributed by atoms with Crippen LogP contribution in [0, 0.1) is 0 Å². The van der Waals surface area contributed by atoms with Crippen molar-refractivity contribution < 1.29 is 0 Å². The first-order valence-electron chi connectivity index (χ1n) is 4.33. The van der Waals surface area contributed by atoms with Crippen LogP contribution < -0.4 is 11.5 Å². The van der Waals surface area contributed by atoms with Gasteiger partial charge in [-0.2, -0.15) is 0 Å². The number of para-hydroxylation sites is 1. The van der Waals surface area contributed by atoms with Gasteiger partial charge in [0, 0.05) is 17.6 Å². The van der Waals surface area contributed by atoms with Gasteiger partial charge in [0.25, 0.3) is 0 Å². The summed E-state index contributed by atoms with van der Waals surface area (Å²) in [6.07, 6.45) is 2.38. The summed E-state index contributed by atoms with van der Waals surface area (Å²) < 4.78 is 0. The van der Waals surface area contributed by atoms with E-state index in [2.05, 4.69) is 6.07 Å². The molecule has 0 atom stereocenters. The highest BCUT2D eigenvalue weighted by Gasteiger charge is 2.43. The molecule has 0 aromatic heterocycles. The van der Waals surface area contributed by atoms with Gasteiger partial charge in [0.15, 0.2) is 0 Å². The Balaban J connectivity index is 2.40. The number of hydrogen-bond acceptors (Lipinski definition) is 2. The third kappa shape index (κ3) is 0.994. The van der Waals surface area contributed by atoms with E-state index in [4.69, 9.17) is 11.5 Å². The van der Waals surface area contributed by atoms with Gasteiger partial charge in [-0.15, -0.1) is 0 Å². The molecule has 4 N–H and O–H groups in total. The third-order valence-electron chi connectivity index (χ3n) is 2.78. The summed E-state index contributed by atoms with van der Waals surface area (Å²) in [6.45, 7) is 0.723. The van der Waals surface area contributed by atoms with Crippen molar-refractivity contribution in [2.45, 2.75) is 18.3 Å². The normalized spacial score (nSPS) is 19.1. The minimum absolute atomic E-state index is 0.228. The predicted molar refractivity (Wildman–Crippen MR) is 50.8 cm³/mol. The van der Waals surface area contributed by atoms with E-state index in [1.165, 1.54) is 18.4 Å². The second kappa shape index (κ2) is 2.49. The second-order valence-corrected chi connectivity index (χ2v) is 3.57. The van der Waals surface area contributed by atoms with Gasteiger partial charge in [0.05, 0.1) is 0 Å². The Morgan fingerprint density at radius 1 is 1.25 bits per heavy atom. The standard InChI is InChI=1S/C10H14N2/c11-7-10(5-6-10)8-3-1-2-4-9(8)12/h1-4H,5-7,11-12H2. The van der Waals surface area contributed by atoms with Gasteiger partial charge in [-0.1, -0.05) is 18.2 Å². The van der Waals surface area contributed by atoms with E-state index in [1.54, 1.807) is 0 Å². The molecule has 12 heavy (non-hydrogen) atoms. The van der Waals surface area contributed by atoms with Gasteiger partial charge in [-0.3, -0.25) is 0 Å². The maximum Gasteiger partial charge on any atom is 0.0352 e. The second-order valence-electron chi connectivity index (χ2n) is 3.57. The van der Waals surface area contributed by atoms with Gasteiger partial charge in [0.2, 0.25) is 0 Å². The number of nitrogens with two attached hydrogens (primary N) is 2. The quantitative estimate of drug-likeness (QED) is 0.643. The van der Waals surface area contributed by atoms with Crippen molar-refractivity contribution in [3.05, 3.63) is 29.8 Å². The lowest BCUT2D eigenvalue weighted by Crippen LogP contribution is -2.20. The van der Waals surface area contributed by atoms with Crippen LogP contribution in [0.3, 0.4) is 0 Å². The van der Waals surface area contributed by atoms with E-state index in [0.717, 1.165) is 12.2 Å². The first-order chi connectivity index (χ1) is 5.78. The molecule has 0 unspecified atom stereocenters. The highest BCUT2D eigenvalue weighted by atomic mass is 14.7. The summed E-state index contributed by atoms with van der Waals surface area (Å²) >= 11 is 0. The maximum absolute atomic E-state index is 5.87. The third-order valence-corrected chi connectivity index (χ3v) is 2.78. The lowest BCUT2D eigenvalue weighted by atomic mass is 9.95. The van der Waals surface area contributed by atoms with Crippen LogP contribution in [0.1, 0.15) is 18.4 Å². The smallest absolute Gasteiger partial charge is 0.0352 e. The molecule has 0 heterocycles. The van der Waals surface area contributed by atoms with Crippen LogP contribution in [0.25, 0.3) is 0 Å². The number of rotatable bonds is 2. The Bertz CT molecular complexity index is 290. The molecule has 1 fully saturated rings. The number of hydrogen-bond donors (Lipinski definition) is 2. The van der Waals surface area contributed by atoms with Crippen LogP contribution in [-0.2, 0) is 5.41 Å². The van der Waals surface area contributed by atoms with Gasteiger partial charge < -0.3 is 11.5 Å². The molecular weight excluding hydrogens is 148 g/mol. The van der Waals surface area contributed by atoms with Crippen LogP contribution in [0.15, 0.2) is 24.3 Å². The Labute approximate surface area is 72.6 Å². The minimum atomic E-state index is 0.228. The Morgan fingerprint density at radius 3 is 2.42 bits per heavy atom. The van der Waals surface area contributed by atoms with Crippen molar-refractivity contribution in [1.82, 2.24) is 0 Å². The molecule has 2 nitrogen and oxygen atoms in total. The van der Waals surface area contributed by atoms with Crippen molar-refractivity contribution in [2.75, 3.05) is 12.3 Å². The zero-order chi connectivity index (χ0) is 8.60. The molecule has 0 saturated heterocycles. The van der Waals surface area contributed by atoms with E-state index in [9.17, 15) is 0 Å². The largest absolute Gasteiger partial charge is 0.398 e. The molecule has 1 aliphatic rings. The van der Waals surface area contributed by atoms with Crippen molar-refractivity contribution in [2.24, 2.45) is 5.73 Å². The predicted octanol–water partition coefficient (Wildman–Crippen LogP) is 1.26. The van der Waals surface area contributed by atoms with Crippen LogP contribution in [-0.4, -0.2) is 6.54 Å². The van der Waals surface area contributed by atoms with Gasteiger partial charge in [-0.25, -0.2) is 0 Å². The zero-order valence-corrected chi connectivity index (χ0v) is 7.09. The van der Waals surface area contributed by atoms with Crippen molar-refractivity contribution in [1.29, 1.82) is 0 Å². The fraction of sp³-hybridized carbons (Fsp3) is 0.400. The van der Waals surface area contributed by atoms with Crippen LogP contribution in [0.4, 0.5) is 5.69 Å². The molecule has 0 radical (unpaired) electrons. The highest BCUT2D eigenvalue weighted by molar-refractivity contribution is 5.53. The van der Waals surface area contributed by atoms with E-state index in [1.807, 2.05) is 18.2 Å². The lowest BCUT2D eigenvalue weighted by molar-refractivity contribution is 0.707. The molecule has 0 amide bonds. The monoisotopic (exact) mass is 162 g/mol. The number of nitrogen functional groups attached to an aromatic ring is 1. The first kappa shape index (κ1) is 7.62. The molecule has 0 aliphatic heterocycles. The molecular formula is C10H14N2. The molecule has 0 bridgehead atoms. The Hall–Kier alpha value is -1.02. The molecule has 0 spiro atoms. The van der Waals surface area contributed by atoms with Crippen molar-refractivity contribution >= 4 is 5.69 Å². The molecule has 1 aromatic rings. The molecule has 64 valence electrons. The topological polar surface area (TPSA) is 52.0 Å². The van der Waals surface area contributed by atoms with Gasteiger partial charge in [0.1, 0.15) is 0 Å². The fourth-order valence-electron chi connectivity index (χ4n) is 1.71. The summed E-state index contributed by atoms with van der Waals surface area (Å²) in [4.78, 5) is 0. The molecule has 1 aliphatic carbocycles. The highest BCUT2D eigenvalue weighted by Crippen LogP contribution is 2.48. The number of benzene rings is 1. The van der Waals surface area contributed by atoms with Gasteiger partial charge >= 0.3 is 0 Å². The Kier molecular flexibility index (Phi) is 1.58. The zero-order valence-electron chi connectivity index (χ0n) is 7.09. The summed E-state index contributed by atoms with van der Waals surface area (Å²) in [6, 6.07) is 8.03. The van der Waals surface area contributed by atoms with E-state index >= 15 is 0 Å². The first-order valence-corrected chi connectivity index (χ1v) is 4.33. The van der Waals surface area contributed by atoms with E-state index < -0.39 is 0 Å². The summed E-state index contributed by atoms with van der Waals surface area (Å²) in [7, 11) is 0. The van der Waals surface area contributed by atoms with Gasteiger partial charge in [-0.05, 0) is 24.5 Å². The summed E-state index contributed by atoms with van der Waals surface area (Å²) in [5.41, 5.74) is 13.9. The average Bonchev–Trinajstić information content (AvgIpc) is 2.86. The van der Waals surface area contributed by atoms with Crippen LogP contribution in [0.5, 0.6) is 0 Å². The SMILES string of the molecule is NCC1(c2ccccc2N)CC1. The van der Waals surface area contributed by atoms with Crippen molar-refractivity contribution in [3.63, 3.8) is 0 Å². The van der Waals surface area contributed by atoms with Crippen LogP contribution >= 0.6 is 0 Å². The van der Waals surface area contributed by atoms with E-state index in [-0.39, 0.29) is 5.41 Å². The molecule has 2 rings (SSSR count). The number of anilines is 1. The van der Waals surface area contributed by atoms with Crippen molar-refractivity contribution in [3.8, 4) is 0 Å². The lowest BCUT2D eigenvalue weighted by Gasteiger charge is -2.14. The molecule has 1 aromatic carbocycles. The van der Waals surface area contributed by atoms with Crippen LogP contribution in [0.2, 0.25) is 0 Å².